The summed E-state index contributed by atoms with van der Waals surface area (Å²) in [5.74, 6) is 0.00469. The molecule has 0 aliphatic heterocycles. The van der Waals surface area contributed by atoms with Gasteiger partial charge in [-0.15, -0.1) is 11.6 Å². The fourth-order valence-corrected chi connectivity index (χ4v) is 1.30. The highest BCUT2D eigenvalue weighted by Gasteiger charge is 2.03. The molecule has 0 aliphatic carbocycles. The van der Waals surface area contributed by atoms with Gasteiger partial charge in [0.1, 0.15) is 5.75 Å². The first kappa shape index (κ1) is 13.3. The molecule has 1 aromatic carbocycles. The highest BCUT2D eigenvalue weighted by atomic mass is 35.5. The maximum atomic E-state index is 11.3. The molecule has 0 radical (unpaired) electrons. The van der Waals surface area contributed by atoms with E-state index in [0.717, 1.165) is 0 Å². The predicted molar refractivity (Wildman–Crippen MR) is 65.1 cm³/mol. The molecule has 0 bridgehead atoms. The summed E-state index contributed by atoms with van der Waals surface area (Å²) in [4.78, 5) is 21.8. The van der Waals surface area contributed by atoms with E-state index < -0.39 is 5.91 Å². The van der Waals surface area contributed by atoms with Crippen LogP contribution >= 0.6 is 11.6 Å². The number of anilines is 1. The van der Waals surface area contributed by atoms with Gasteiger partial charge in [-0.25, -0.2) is 0 Å². The number of nitrogens with one attached hydrogen (secondary N) is 1. The number of alkyl halides is 1. The van der Waals surface area contributed by atoms with Crippen molar-refractivity contribution in [3.63, 3.8) is 0 Å². The molecule has 0 unspecified atom stereocenters. The Morgan fingerprint density at radius 2 is 2.18 bits per heavy atom. The topological polar surface area (TPSA) is 81.4 Å². The number of ether oxygens (including phenoxy) is 1. The Kier molecular flexibility index (Phi) is 5.29. The third kappa shape index (κ3) is 5.21. The van der Waals surface area contributed by atoms with E-state index in [1.54, 1.807) is 24.3 Å². The Bertz CT molecular complexity index is 409. The van der Waals surface area contributed by atoms with Crippen LogP contribution in [0.3, 0.4) is 0 Å². The molecule has 1 aromatic rings. The summed E-state index contributed by atoms with van der Waals surface area (Å²) >= 11 is 5.44. The average molecular weight is 257 g/mol. The molecular formula is C11H13ClN2O3. The largest absolute Gasteiger partial charge is 0.484 e. The number of amides is 2. The van der Waals surface area contributed by atoms with Crippen LogP contribution in [0, 0.1) is 0 Å². The minimum atomic E-state index is -0.554. The second-order valence-electron chi connectivity index (χ2n) is 3.27. The molecule has 92 valence electrons. The van der Waals surface area contributed by atoms with Crippen LogP contribution < -0.4 is 15.8 Å². The number of primary amides is 1. The van der Waals surface area contributed by atoms with Crippen LogP contribution in [-0.2, 0) is 9.59 Å². The highest BCUT2D eigenvalue weighted by Crippen LogP contribution is 2.17. The van der Waals surface area contributed by atoms with Gasteiger partial charge in [0, 0.05) is 24.1 Å². The van der Waals surface area contributed by atoms with Crippen LogP contribution in [0.25, 0.3) is 0 Å². The van der Waals surface area contributed by atoms with Crippen molar-refractivity contribution in [1.29, 1.82) is 0 Å². The molecule has 0 atom stereocenters. The zero-order valence-electron chi connectivity index (χ0n) is 9.11. The smallest absolute Gasteiger partial charge is 0.255 e. The standard InChI is InChI=1S/C11H13ClN2O3/c12-5-4-11(16)14-8-2-1-3-9(6-8)17-7-10(13)15/h1-3,6H,4-5,7H2,(H2,13,15)(H,14,16). The molecule has 0 heterocycles. The summed E-state index contributed by atoms with van der Waals surface area (Å²) in [6, 6.07) is 6.69. The van der Waals surface area contributed by atoms with Crippen molar-refractivity contribution in [2.45, 2.75) is 6.42 Å². The summed E-state index contributed by atoms with van der Waals surface area (Å²) < 4.78 is 5.10. The van der Waals surface area contributed by atoms with E-state index in [4.69, 9.17) is 22.1 Å². The third-order valence-electron chi connectivity index (χ3n) is 1.82. The summed E-state index contributed by atoms with van der Waals surface area (Å²) in [5.41, 5.74) is 5.54. The van der Waals surface area contributed by atoms with Crippen LogP contribution in [0.5, 0.6) is 5.75 Å². The van der Waals surface area contributed by atoms with E-state index in [9.17, 15) is 9.59 Å². The summed E-state index contributed by atoms with van der Waals surface area (Å²) in [7, 11) is 0. The fraction of sp³-hybridized carbons (Fsp3) is 0.273. The van der Waals surface area contributed by atoms with Crippen molar-refractivity contribution in [2.24, 2.45) is 5.73 Å². The lowest BCUT2D eigenvalue weighted by molar-refractivity contribution is -0.120. The SMILES string of the molecule is NC(=O)COc1cccc(NC(=O)CCCl)c1. The van der Waals surface area contributed by atoms with Crippen molar-refractivity contribution in [3.8, 4) is 5.75 Å². The van der Waals surface area contributed by atoms with Crippen molar-refractivity contribution < 1.29 is 14.3 Å². The molecule has 2 amide bonds. The number of carbonyl (C=O) groups is 2. The van der Waals surface area contributed by atoms with Crippen LogP contribution in [0.4, 0.5) is 5.69 Å². The summed E-state index contributed by atoms with van der Waals surface area (Å²) in [6.45, 7) is -0.195. The number of halogens is 1. The van der Waals surface area contributed by atoms with Crippen molar-refractivity contribution in [1.82, 2.24) is 0 Å². The minimum Gasteiger partial charge on any atom is -0.484 e. The Labute approximate surface area is 104 Å². The van der Waals surface area contributed by atoms with E-state index in [2.05, 4.69) is 5.32 Å². The molecular weight excluding hydrogens is 244 g/mol. The Morgan fingerprint density at radius 1 is 1.41 bits per heavy atom. The lowest BCUT2D eigenvalue weighted by atomic mass is 10.3. The number of carbonyl (C=O) groups excluding carboxylic acids is 2. The molecule has 0 spiro atoms. The highest BCUT2D eigenvalue weighted by molar-refractivity contribution is 6.19. The molecule has 0 saturated heterocycles. The first-order valence-electron chi connectivity index (χ1n) is 4.99. The molecule has 0 saturated carbocycles. The molecule has 0 aromatic heterocycles. The monoisotopic (exact) mass is 256 g/mol. The van der Waals surface area contributed by atoms with Crippen LogP contribution in [0.2, 0.25) is 0 Å². The van der Waals surface area contributed by atoms with Gasteiger partial charge in [-0.05, 0) is 12.1 Å². The second kappa shape index (κ2) is 6.75. The van der Waals surface area contributed by atoms with E-state index in [-0.39, 0.29) is 24.8 Å². The van der Waals surface area contributed by atoms with Crippen molar-refractivity contribution >= 4 is 29.1 Å². The van der Waals surface area contributed by atoms with Gasteiger partial charge in [-0.1, -0.05) is 6.07 Å². The van der Waals surface area contributed by atoms with Crippen LogP contribution in [0.1, 0.15) is 6.42 Å². The van der Waals surface area contributed by atoms with Gasteiger partial charge in [0.15, 0.2) is 6.61 Å². The minimum absolute atomic E-state index is 0.174. The quantitative estimate of drug-likeness (QED) is 0.749. The van der Waals surface area contributed by atoms with Gasteiger partial charge in [-0.3, -0.25) is 9.59 Å². The Hall–Kier alpha value is -1.75. The van der Waals surface area contributed by atoms with Crippen LogP contribution in [0.15, 0.2) is 24.3 Å². The lowest BCUT2D eigenvalue weighted by Crippen LogP contribution is -2.20. The maximum Gasteiger partial charge on any atom is 0.255 e. The van der Waals surface area contributed by atoms with Crippen molar-refractivity contribution in [3.05, 3.63) is 24.3 Å². The van der Waals surface area contributed by atoms with Gasteiger partial charge in [-0.2, -0.15) is 0 Å². The predicted octanol–water partition coefficient (Wildman–Crippen LogP) is 1.12. The molecule has 17 heavy (non-hydrogen) atoms. The number of nitrogens with two attached hydrogens (primary N) is 1. The number of hydrogen-bond donors (Lipinski definition) is 2. The zero-order valence-corrected chi connectivity index (χ0v) is 9.87. The molecule has 5 nitrogen and oxygen atoms in total. The molecule has 0 fully saturated rings. The average Bonchev–Trinajstić information content (AvgIpc) is 2.27. The molecule has 3 N–H and O–H groups in total. The van der Waals surface area contributed by atoms with Gasteiger partial charge in [0.25, 0.3) is 5.91 Å². The van der Waals surface area contributed by atoms with Gasteiger partial charge < -0.3 is 15.8 Å². The van der Waals surface area contributed by atoms with Gasteiger partial charge >= 0.3 is 0 Å². The van der Waals surface area contributed by atoms with E-state index >= 15 is 0 Å². The molecule has 1 rings (SSSR count). The van der Waals surface area contributed by atoms with Crippen LogP contribution in [-0.4, -0.2) is 24.3 Å². The van der Waals surface area contributed by atoms with Gasteiger partial charge in [0.05, 0.1) is 0 Å². The third-order valence-corrected chi connectivity index (χ3v) is 2.01. The van der Waals surface area contributed by atoms with E-state index in [0.29, 0.717) is 11.4 Å². The number of rotatable bonds is 6. The fourth-order valence-electron chi connectivity index (χ4n) is 1.13. The lowest BCUT2D eigenvalue weighted by Gasteiger charge is -2.07. The Morgan fingerprint density at radius 3 is 2.82 bits per heavy atom. The summed E-state index contributed by atoms with van der Waals surface area (Å²) in [6.07, 6.45) is 0.244. The van der Waals surface area contributed by atoms with Crippen molar-refractivity contribution in [2.75, 3.05) is 17.8 Å². The first-order chi connectivity index (χ1) is 8.11. The molecule has 6 heteroatoms. The zero-order chi connectivity index (χ0) is 12.7. The number of benzene rings is 1. The van der Waals surface area contributed by atoms with E-state index in [1.807, 2.05) is 0 Å². The molecule has 0 aliphatic rings. The Balaban J connectivity index is 2.59. The normalized spacial score (nSPS) is 9.71. The van der Waals surface area contributed by atoms with Gasteiger partial charge in [0.2, 0.25) is 5.91 Å². The summed E-state index contributed by atoms with van der Waals surface area (Å²) in [5, 5.41) is 2.65. The second-order valence-corrected chi connectivity index (χ2v) is 3.65. The first-order valence-corrected chi connectivity index (χ1v) is 5.52. The maximum absolute atomic E-state index is 11.3. The number of hydrogen-bond acceptors (Lipinski definition) is 3. The van der Waals surface area contributed by atoms with E-state index in [1.165, 1.54) is 0 Å².